The van der Waals surface area contributed by atoms with Crippen molar-refractivity contribution in [2.24, 2.45) is 5.73 Å². The molecule has 1 unspecified atom stereocenters. The average molecular weight is 494 g/mol. The van der Waals surface area contributed by atoms with E-state index in [-0.39, 0.29) is 25.3 Å². The lowest BCUT2D eigenvalue weighted by Gasteiger charge is -2.24. The first-order chi connectivity index (χ1) is 16.2. The number of carbonyl (C=O) groups is 3. The van der Waals surface area contributed by atoms with Crippen LogP contribution in [0.2, 0.25) is 0 Å². The van der Waals surface area contributed by atoms with Crippen molar-refractivity contribution in [3.8, 4) is 0 Å². The highest BCUT2D eigenvalue weighted by Gasteiger charge is 2.29. The fraction of sp³-hybridized carbons (Fsp3) is 0.500. The third-order valence-corrected chi connectivity index (χ3v) is 5.60. The van der Waals surface area contributed by atoms with Crippen LogP contribution in [0.1, 0.15) is 37.7 Å². The van der Waals surface area contributed by atoms with Gasteiger partial charge in [-0.2, -0.15) is 0 Å². The summed E-state index contributed by atoms with van der Waals surface area (Å²) < 4.78 is 17.0. The van der Waals surface area contributed by atoms with Crippen LogP contribution in [-0.4, -0.2) is 64.7 Å². The van der Waals surface area contributed by atoms with Gasteiger partial charge >= 0.3 is 11.9 Å². The molecule has 1 atom stereocenters. The summed E-state index contributed by atoms with van der Waals surface area (Å²) in [5.74, 6) is -0.902. The van der Waals surface area contributed by atoms with Gasteiger partial charge in [-0.1, -0.05) is 42.1 Å². The Hall–Kier alpha value is -2.96. The lowest BCUT2D eigenvalue weighted by Crippen LogP contribution is -2.51. The van der Waals surface area contributed by atoms with Gasteiger partial charge in [0.15, 0.2) is 11.0 Å². The standard InChI is InChI=1S/C22H31N5O6S/c1-22(2,23)20(30)24-16(13-33-12-15-8-6-5-7-9-15)19-25-26-21(34-14-18(29)32-4)27(19)11-10-17(28)31-3/h5-9,16H,10-14,23H2,1-4H3,(H,24,30). The van der Waals surface area contributed by atoms with Crippen LogP contribution in [0.25, 0.3) is 0 Å². The van der Waals surface area contributed by atoms with Crippen LogP contribution >= 0.6 is 11.8 Å². The number of hydrogen-bond acceptors (Lipinski definition) is 10. The van der Waals surface area contributed by atoms with Crippen LogP contribution in [0.4, 0.5) is 0 Å². The molecule has 0 saturated carbocycles. The van der Waals surface area contributed by atoms with Crippen molar-refractivity contribution < 1.29 is 28.6 Å². The van der Waals surface area contributed by atoms with Crippen molar-refractivity contribution in [2.75, 3.05) is 26.6 Å². The van der Waals surface area contributed by atoms with Gasteiger partial charge in [-0.05, 0) is 19.4 Å². The molecule has 0 aliphatic heterocycles. The van der Waals surface area contributed by atoms with E-state index < -0.39 is 29.4 Å². The van der Waals surface area contributed by atoms with Crippen molar-refractivity contribution in [1.29, 1.82) is 0 Å². The third kappa shape index (κ3) is 8.43. The molecule has 0 aliphatic rings. The highest BCUT2D eigenvalue weighted by atomic mass is 32.2. The molecule has 1 heterocycles. The molecule has 1 amide bonds. The molecule has 2 aromatic rings. The molecular formula is C22H31N5O6S. The van der Waals surface area contributed by atoms with Crippen molar-refractivity contribution in [2.45, 2.75) is 50.2 Å². The van der Waals surface area contributed by atoms with Crippen molar-refractivity contribution in [1.82, 2.24) is 20.1 Å². The normalized spacial score (nSPS) is 12.1. The van der Waals surface area contributed by atoms with Crippen molar-refractivity contribution in [3.05, 3.63) is 41.7 Å². The molecule has 1 aromatic heterocycles. The minimum Gasteiger partial charge on any atom is -0.469 e. The lowest BCUT2D eigenvalue weighted by atomic mass is 10.1. The first-order valence-electron chi connectivity index (χ1n) is 10.6. The van der Waals surface area contributed by atoms with Gasteiger partial charge in [-0.25, -0.2) is 0 Å². The van der Waals surface area contributed by atoms with E-state index in [0.29, 0.717) is 17.6 Å². The Kier molecular flexibility index (Phi) is 10.5. The van der Waals surface area contributed by atoms with Gasteiger partial charge in [0.25, 0.3) is 0 Å². The van der Waals surface area contributed by atoms with E-state index in [4.69, 9.17) is 15.2 Å². The molecule has 1 aromatic carbocycles. The topological polar surface area (TPSA) is 148 Å². The molecule has 12 heteroatoms. The maximum Gasteiger partial charge on any atom is 0.316 e. The molecule has 0 fully saturated rings. The fourth-order valence-electron chi connectivity index (χ4n) is 2.76. The highest BCUT2D eigenvalue weighted by Crippen LogP contribution is 2.23. The number of methoxy groups -OCH3 is 2. The van der Waals surface area contributed by atoms with Gasteiger partial charge < -0.3 is 29.8 Å². The van der Waals surface area contributed by atoms with Crippen molar-refractivity contribution in [3.63, 3.8) is 0 Å². The summed E-state index contributed by atoms with van der Waals surface area (Å²) >= 11 is 1.11. The Morgan fingerprint density at radius 1 is 1.12 bits per heavy atom. The molecule has 0 aliphatic carbocycles. The van der Waals surface area contributed by atoms with Gasteiger partial charge in [0.05, 0.1) is 45.1 Å². The Labute approximate surface area is 202 Å². The average Bonchev–Trinajstić information content (AvgIpc) is 3.22. The van der Waals surface area contributed by atoms with E-state index in [0.717, 1.165) is 17.3 Å². The molecule has 0 radical (unpaired) electrons. The van der Waals surface area contributed by atoms with Crippen LogP contribution < -0.4 is 11.1 Å². The minimum atomic E-state index is -1.14. The Morgan fingerprint density at radius 2 is 1.79 bits per heavy atom. The van der Waals surface area contributed by atoms with E-state index in [2.05, 4.69) is 20.3 Å². The van der Waals surface area contributed by atoms with E-state index in [1.165, 1.54) is 14.2 Å². The summed E-state index contributed by atoms with van der Waals surface area (Å²) in [6.07, 6.45) is 0.0429. The lowest BCUT2D eigenvalue weighted by molar-refractivity contribution is -0.141. The Morgan fingerprint density at radius 3 is 2.41 bits per heavy atom. The van der Waals surface area contributed by atoms with Crippen LogP contribution in [0.15, 0.2) is 35.5 Å². The summed E-state index contributed by atoms with van der Waals surface area (Å²) in [4.78, 5) is 36.1. The quantitative estimate of drug-likeness (QED) is 0.308. The summed E-state index contributed by atoms with van der Waals surface area (Å²) in [6.45, 7) is 3.75. The van der Waals surface area contributed by atoms with Crippen LogP contribution in [-0.2, 0) is 41.7 Å². The van der Waals surface area contributed by atoms with Crippen molar-refractivity contribution >= 4 is 29.6 Å². The molecule has 0 saturated heterocycles. The zero-order valence-corrected chi connectivity index (χ0v) is 20.6. The summed E-state index contributed by atoms with van der Waals surface area (Å²) in [5, 5.41) is 11.6. The van der Waals surface area contributed by atoms with Gasteiger partial charge in [0.2, 0.25) is 5.91 Å². The largest absolute Gasteiger partial charge is 0.469 e. The zero-order chi connectivity index (χ0) is 25.1. The number of benzene rings is 1. The fourth-order valence-corrected chi connectivity index (χ4v) is 3.56. The molecule has 0 bridgehead atoms. The second-order valence-electron chi connectivity index (χ2n) is 7.93. The van der Waals surface area contributed by atoms with Gasteiger partial charge in [-0.15, -0.1) is 10.2 Å². The first kappa shape index (κ1) is 27.3. The number of rotatable bonds is 13. The van der Waals surface area contributed by atoms with Crippen LogP contribution in [0.3, 0.4) is 0 Å². The number of nitrogens with one attached hydrogen (secondary N) is 1. The molecule has 3 N–H and O–H groups in total. The minimum absolute atomic E-state index is 0.00419. The second-order valence-corrected chi connectivity index (χ2v) is 8.87. The number of carbonyl (C=O) groups excluding carboxylic acids is 3. The maximum atomic E-state index is 12.7. The number of nitrogens with two attached hydrogens (primary N) is 1. The predicted molar refractivity (Wildman–Crippen MR) is 125 cm³/mol. The van der Waals surface area contributed by atoms with Gasteiger partial charge in [0, 0.05) is 6.54 Å². The molecular weight excluding hydrogens is 462 g/mol. The number of nitrogens with zero attached hydrogens (tertiary/aromatic N) is 3. The summed E-state index contributed by atoms with van der Waals surface area (Å²) in [5.41, 5.74) is 5.79. The van der Waals surface area contributed by atoms with Crippen LogP contribution in [0.5, 0.6) is 0 Å². The molecule has 34 heavy (non-hydrogen) atoms. The summed E-state index contributed by atoms with van der Waals surface area (Å²) in [7, 11) is 2.59. The van der Waals surface area contributed by atoms with E-state index in [1.807, 2.05) is 30.3 Å². The number of esters is 2. The van der Waals surface area contributed by atoms with Crippen LogP contribution in [0, 0.1) is 0 Å². The number of aromatic nitrogens is 3. The highest BCUT2D eigenvalue weighted by molar-refractivity contribution is 7.99. The van der Waals surface area contributed by atoms with E-state index in [9.17, 15) is 14.4 Å². The summed E-state index contributed by atoms with van der Waals surface area (Å²) in [6, 6.07) is 8.87. The zero-order valence-electron chi connectivity index (χ0n) is 19.8. The number of hydrogen-bond donors (Lipinski definition) is 2. The van der Waals surface area contributed by atoms with Gasteiger partial charge in [0.1, 0.15) is 6.04 Å². The molecule has 186 valence electrons. The smallest absolute Gasteiger partial charge is 0.316 e. The number of thioether (sulfide) groups is 1. The monoisotopic (exact) mass is 493 g/mol. The van der Waals surface area contributed by atoms with Gasteiger partial charge in [-0.3, -0.25) is 14.4 Å². The third-order valence-electron chi connectivity index (χ3n) is 4.66. The van der Waals surface area contributed by atoms with E-state index >= 15 is 0 Å². The number of amides is 1. The molecule has 11 nitrogen and oxygen atoms in total. The Bertz CT molecular complexity index is 960. The maximum absolute atomic E-state index is 12.7. The second kappa shape index (κ2) is 13.1. The predicted octanol–water partition coefficient (Wildman–Crippen LogP) is 1.22. The SMILES string of the molecule is COC(=O)CCn1c(SCC(=O)OC)nnc1C(COCc1ccccc1)NC(=O)C(C)(C)N. The van der Waals surface area contributed by atoms with E-state index in [1.54, 1.807) is 18.4 Å². The first-order valence-corrected chi connectivity index (χ1v) is 11.5. The Balaban J connectivity index is 2.30. The molecule has 2 rings (SSSR count). The molecule has 0 spiro atoms. The number of ether oxygens (including phenoxy) is 3.